The molecule has 2 saturated heterocycles. The van der Waals surface area contributed by atoms with Crippen molar-refractivity contribution in [3.63, 3.8) is 0 Å². The molecule has 3 unspecified atom stereocenters. The maximum absolute atomic E-state index is 5.74. The van der Waals surface area contributed by atoms with Crippen molar-refractivity contribution in [3.8, 4) is 0 Å². The van der Waals surface area contributed by atoms with Crippen molar-refractivity contribution >= 4 is 0 Å². The zero-order valence-corrected chi connectivity index (χ0v) is 11.5. The first-order valence-electron chi connectivity index (χ1n) is 7.09. The molecule has 3 atom stereocenters. The largest absolute Gasteiger partial charge is 0.378 e. The number of rotatable bonds is 4. The lowest BCUT2D eigenvalue weighted by Gasteiger charge is -2.36. The van der Waals surface area contributed by atoms with Crippen molar-refractivity contribution < 1.29 is 9.47 Å². The SMILES string of the molecule is CCC1OCCC1CNC1CCOC(C)(C)C1. The Morgan fingerprint density at radius 1 is 1.24 bits per heavy atom. The molecule has 17 heavy (non-hydrogen) atoms. The summed E-state index contributed by atoms with van der Waals surface area (Å²) in [7, 11) is 0. The van der Waals surface area contributed by atoms with E-state index in [4.69, 9.17) is 9.47 Å². The first kappa shape index (κ1) is 13.3. The summed E-state index contributed by atoms with van der Waals surface area (Å²) in [5.41, 5.74) is 0.0479. The summed E-state index contributed by atoms with van der Waals surface area (Å²) in [4.78, 5) is 0. The van der Waals surface area contributed by atoms with Gasteiger partial charge < -0.3 is 14.8 Å². The van der Waals surface area contributed by atoms with Crippen LogP contribution in [0.2, 0.25) is 0 Å². The van der Waals surface area contributed by atoms with Gasteiger partial charge in [0.05, 0.1) is 11.7 Å². The predicted octanol–water partition coefficient (Wildman–Crippen LogP) is 2.35. The standard InChI is InChI=1S/C14H27NO2/c1-4-13-11(5-7-16-13)10-15-12-6-8-17-14(2,3)9-12/h11-13,15H,4-10H2,1-3H3. The zero-order valence-electron chi connectivity index (χ0n) is 11.5. The van der Waals surface area contributed by atoms with Crippen molar-refractivity contribution in [3.05, 3.63) is 0 Å². The highest BCUT2D eigenvalue weighted by molar-refractivity contribution is 4.85. The van der Waals surface area contributed by atoms with Gasteiger partial charge in [-0.2, -0.15) is 0 Å². The van der Waals surface area contributed by atoms with Crippen molar-refractivity contribution in [2.75, 3.05) is 19.8 Å². The van der Waals surface area contributed by atoms with E-state index < -0.39 is 0 Å². The smallest absolute Gasteiger partial charge is 0.0641 e. The first-order valence-corrected chi connectivity index (χ1v) is 7.09. The molecule has 0 aromatic carbocycles. The Hall–Kier alpha value is -0.120. The van der Waals surface area contributed by atoms with E-state index in [0.29, 0.717) is 18.1 Å². The van der Waals surface area contributed by atoms with Gasteiger partial charge in [-0.25, -0.2) is 0 Å². The third-order valence-corrected chi connectivity index (χ3v) is 4.11. The van der Waals surface area contributed by atoms with Gasteiger partial charge in [0.2, 0.25) is 0 Å². The van der Waals surface area contributed by atoms with E-state index in [0.717, 1.165) is 39.0 Å². The molecule has 0 amide bonds. The van der Waals surface area contributed by atoms with Crippen LogP contribution in [0.4, 0.5) is 0 Å². The molecular formula is C14H27NO2. The Balaban J connectivity index is 1.74. The lowest BCUT2D eigenvalue weighted by atomic mass is 9.92. The lowest BCUT2D eigenvalue weighted by Crippen LogP contribution is -2.45. The minimum absolute atomic E-state index is 0.0479. The monoisotopic (exact) mass is 241 g/mol. The molecule has 100 valence electrons. The van der Waals surface area contributed by atoms with Crippen molar-refractivity contribution in [1.29, 1.82) is 0 Å². The molecule has 2 rings (SSSR count). The Labute approximate surface area is 105 Å². The van der Waals surface area contributed by atoms with E-state index in [2.05, 4.69) is 26.1 Å². The van der Waals surface area contributed by atoms with Crippen LogP contribution in [0.5, 0.6) is 0 Å². The third-order valence-electron chi connectivity index (χ3n) is 4.11. The predicted molar refractivity (Wildman–Crippen MR) is 69.2 cm³/mol. The summed E-state index contributed by atoms with van der Waals surface area (Å²) in [5.74, 6) is 0.714. The zero-order chi connectivity index (χ0) is 12.3. The summed E-state index contributed by atoms with van der Waals surface area (Å²) >= 11 is 0. The maximum Gasteiger partial charge on any atom is 0.0641 e. The molecule has 0 aromatic rings. The number of hydrogen-bond acceptors (Lipinski definition) is 3. The molecule has 0 bridgehead atoms. The van der Waals surface area contributed by atoms with Crippen LogP contribution >= 0.6 is 0 Å². The summed E-state index contributed by atoms with van der Waals surface area (Å²) in [6, 6.07) is 0.622. The molecule has 3 nitrogen and oxygen atoms in total. The lowest BCUT2D eigenvalue weighted by molar-refractivity contribution is -0.0634. The third kappa shape index (κ3) is 3.67. The summed E-state index contributed by atoms with van der Waals surface area (Å²) in [5, 5.41) is 3.72. The van der Waals surface area contributed by atoms with Crippen LogP contribution in [0.3, 0.4) is 0 Å². The van der Waals surface area contributed by atoms with Gasteiger partial charge in [-0.3, -0.25) is 0 Å². The van der Waals surface area contributed by atoms with E-state index in [1.54, 1.807) is 0 Å². The molecule has 0 spiro atoms. The van der Waals surface area contributed by atoms with E-state index in [1.807, 2.05) is 0 Å². The van der Waals surface area contributed by atoms with Gasteiger partial charge in [0.1, 0.15) is 0 Å². The van der Waals surface area contributed by atoms with Gasteiger partial charge in [0, 0.05) is 25.8 Å². The second-order valence-corrected chi connectivity index (χ2v) is 6.07. The highest BCUT2D eigenvalue weighted by atomic mass is 16.5. The molecule has 3 heteroatoms. The van der Waals surface area contributed by atoms with Gasteiger partial charge in [-0.05, 0) is 45.4 Å². The normalized spacial score (nSPS) is 37.2. The molecule has 0 aliphatic carbocycles. The fraction of sp³-hybridized carbons (Fsp3) is 1.00. The van der Waals surface area contributed by atoms with Crippen LogP contribution in [0.25, 0.3) is 0 Å². The van der Waals surface area contributed by atoms with Gasteiger partial charge in [0.25, 0.3) is 0 Å². The minimum atomic E-state index is 0.0479. The van der Waals surface area contributed by atoms with Crippen LogP contribution in [-0.2, 0) is 9.47 Å². The van der Waals surface area contributed by atoms with Crippen LogP contribution in [-0.4, -0.2) is 37.5 Å². The minimum Gasteiger partial charge on any atom is -0.378 e. The van der Waals surface area contributed by atoms with E-state index in [1.165, 1.54) is 6.42 Å². The average molecular weight is 241 g/mol. The fourth-order valence-corrected chi connectivity index (χ4v) is 3.10. The molecular weight excluding hydrogens is 214 g/mol. The number of ether oxygens (including phenoxy) is 2. The molecule has 0 radical (unpaired) electrons. The van der Waals surface area contributed by atoms with Crippen molar-refractivity contribution in [2.45, 2.75) is 64.2 Å². The number of nitrogens with one attached hydrogen (secondary N) is 1. The molecule has 2 fully saturated rings. The van der Waals surface area contributed by atoms with Crippen LogP contribution in [0.15, 0.2) is 0 Å². The van der Waals surface area contributed by atoms with E-state index >= 15 is 0 Å². The van der Waals surface area contributed by atoms with Crippen LogP contribution < -0.4 is 5.32 Å². The molecule has 0 aromatic heterocycles. The van der Waals surface area contributed by atoms with Gasteiger partial charge in [-0.15, -0.1) is 0 Å². The Bertz CT molecular complexity index is 242. The summed E-state index contributed by atoms with van der Waals surface area (Å²) in [6.07, 6.45) is 5.12. The highest BCUT2D eigenvalue weighted by Crippen LogP contribution is 2.26. The second-order valence-electron chi connectivity index (χ2n) is 6.07. The first-order chi connectivity index (χ1) is 8.11. The van der Waals surface area contributed by atoms with Crippen molar-refractivity contribution in [2.24, 2.45) is 5.92 Å². The van der Waals surface area contributed by atoms with Gasteiger partial charge in [-0.1, -0.05) is 6.92 Å². The molecule has 1 N–H and O–H groups in total. The Morgan fingerprint density at radius 3 is 2.76 bits per heavy atom. The molecule has 2 heterocycles. The van der Waals surface area contributed by atoms with Gasteiger partial charge >= 0.3 is 0 Å². The summed E-state index contributed by atoms with van der Waals surface area (Å²) < 4.78 is 11.5. The molecule has 2 aliphatic rings. The van der Waals surface area contributed by atoms with Crippen LogP contribution in [0, 0.1) is 5.92 Å². The molecule has 2 aliphatic heterocycles. The second kappa shape index (κ2) is 5.68. The molecule has 0 saturated carbocycles. The average Bonchev–Trinajstić information content (AvgIpc) is 2.72. The maximum atomic E-state index is 5.74. The Morgan fingerprint density at radius 2 is 2.06 bits per heavy atom. The quantitative estimate of drug-likeness (QED) is 0.819. The number of hydrogen-bond donors (Lipinski definition) is 1. The topological polar surface area (TPSA) is 30.5 Å². The fourth-order valence-electron chi connectivity index (χ4n) is 3.10. The van der Waals surface area contributed by atoms with Crippen molar-refractivity contribution in [1.82, 2.24) is 5.32 Å². The van der Waals surface area contributed by atoms with Crippen LogP contribution in [0.1, 0.15) is 46.5 Å². The highest BCUT2D eigenvalue weighted by Gasteiger charge is 2.31. The van der Waals surface area contributed by atoms with E-state index in [-0.39, 0.29) is 5.60 Å². The summed E-state index contributed by atoms with van der Waals surface area (Å²) in [6.45, 7) is 9.55. The Kier molecular flexibility index (Phi) is 4.45. The van der Waals surface area contributed by atoms with E-state index in [9.17, 15) is 0 Å². The van der Waals surface area contributed by atoms with Gasteiger partial charge in [0.15, 0.2) is 0 Å².